The Kier molecular flexibility index (Phi) is 21.7. The van der Waals surface area contributed by atoms with E-state index in [2.05, 4.69) is 64.6 Å². The molecule has 0 radical (unpaired) electrons. The van der Waals surface area contributed by atoms with Crippen LogP contribution >= 0.6 is 0 Å². The van der Waals surface area contributed by atoms with Crippen molar-refractivity contribution >= 4 is 49.2 Å². The van der Waals surface area contributed by atoms with Crippen molar-refractivity contribution in [3.05, 3.63) is 12.7 Å². The Hall–Kier alpha value is -2.05. The minimum Gasteiger partial charge on any atom is -0.462 e. The molecular weight excluding hydrogens is 791 g/mol. The molecule has 58 heavy (non-hydrogen) atoms. The van der Waals surface area contributed by atoms with E-state index in [1.807, 2.05) is 0 Å². The summed E-state index contributed by atoms with van der Waals surface area (Å²) in [4.78, 5) is 49.4. The van der Waals surface area contributed by atoms with Gasteiger partial charge >= 0.3 is 32.6 Å². The average Bonchev–Trinajstić information content (AvgIpc) is 3.13. The van der Waals surface area contributed by atoms with Crippen LogP contribution in [-0.2, 0) is 46.3 Å². The lowest BCUT2D eigenvalue weighted by molar-refractivity contribution is -0.156. The van der Waals surface area contributed by atoms with Gasteiger partial charge in [-0.05, 0) is 146 Å². The first-order valence-corrected chi connectivity index (χ1v) is 31.7. The van der Waals surface area contributed by atoms with Gasteiger partial charge in [-0.1, -0.05) is 39.2 Å². The lowest BCUT2D eigenvalue weighted by atomic mass is 9.72. The first kappa shape index (κ1) is 50.3. The van der Waals surface area contributed by atoms with E-state index in [4.69, 9.17) is 31.9 Å². The molecule has 3 aliphatic carbocycles. The normalized spacial score (nSPS) is 24.9. The van der Waals surface area contributed by atoms with Crippen LogP contribution in [0.15, 0.2) is 12.7 Å². The highest BCUT2D eigenvalue weighted by Gasteiger charge is 2.40. The number of amides is 1. The molecule has 0 aromatic carbocycles. The summed E-state index contributed by atoms with van der Waals surface area (Å²) < 4.78 is 41.0. The van der Waals surface area contributed by atoms with Crippen LogP contribution < -0.4 is 5.32 Å². The zero-order chi connectivity index (χ0) is 42.8. The van der Waals surface area contributed by atoms with Crippen molar-refractivity contribution in [2.45, 2.75) is 174 Å². The third-order valence-electron chi connectivity index (χ3n) is 11.6. The highest BCUT2D eigenvalue weighted by molar-refractivity contribution is 6.87. The van der Waals surface area contributed by atoms with Gasteiger partial charge in [0.1, 0.15) is 19.8 Å². The lowest BCUT2D eigenvalue weighted by Crippen LogP contribution is -2.52. The number of nitrogens with one attached hydrogen (secondary N) is 1. The summed E-state index contributed by atoms with van der Waals surface area (Å²) in [6, 6.07) is 0.941. The molecule has 1 N–H and O–H groups in total. The van der Waals surface area contributed by atoms with Crippen LogP contribution in [0.5, 0.6) is 0 Å². The van der Waals surface area contributed by atoms with Crippen molar-refractivity contribution in [1.29, 1.82) is 0 Å². The van der Waals surface area contributed by atoms with Gasteiger partial charge in [0, 0.05) is 31.6 Å². The van der Waals surface area contributed by atoms with E-state index in [9.17, 15) is 19.2 Å². The number of rotatable bonds is 24. The molecule has 3 saturated carbocycles. The maximum Gasteiger partial charge on any atom is 0.407 e. The van der Waals surface area contributed by atoms with Crippen LogP contribution in [0.4, 0.5) is 4.79 Å². The quantitative estimate of drug-likeness (QED) is 0.0326. The lowest BCUT2D eigenvalue weighted by Gasteiger charge is -2.38. The number of alkyl carbamates (subject to hydrolysis) is 1. The molecule has 0 heterocycles. The number of carbonyl (C=O) groups excluding carboxylic acids is 4. The summed E-state index contributed by atoms with van der Waals surface area (Å²) in [5, 5.41) is 3.01. The fraction of sp³-hybridized carbons (Fsp3) is 0.860. The maximum atomic E-state index is 13.3. The number of ether oxygens (including phenoxy) is 5. The summed E-state index contributed by atoms with van der Waals surface area (Å²) in [5.74, 6) is 1.64. The second-order valence-corrected chi connectivity index (χ2v) is 32.4. The predicted octanol–water partition coefficient (Wildman–Crippen LogP) is 9.44. The van der Waals surface area contributed by atoms with Crippen molar-refractivity contribution in [1.82, 2.24) is 5.32 Å². The molecule has 0 aromatic heterocycles. The van der Waals surface area contributed by atoms with Crippen LogP contribution in [0.2, 0.25) is 51.9 Å². The smallest absolute Gasteiger partial charge is 0.407 e. The van der Waals surface area contributed by atoms with Gasteiger partial charge in [-0.15, -0.1) is 0 Å². The van der Waals surface area contributed by atoms with E-state index in [1.165, 1.54) is 6.42 Å². The molecule has 3 fully saturated rings. The second kappa shape index (κ2) is 25.0. The number of esters is 3. The molecule has 0 aliphatic heterocycles. The molecule has 15 heteroatoms. The number of hydrogen-bond donors (Lipinski definition) is 1. The molecule has 0 spiro atoms. The Morgan fingerprint density at radius 2 is 1.17 bits per heavy atom. The monoisotopic (exact) mass is 869 g/mol. The average molecular weight is 870 g/mol. The molecule has 3 rings (SSSR count). The molecule has 0 bridgehead atoms. The molecule has 12 nitrogen and oxygen atoms in total. The SMILES string of the molecule is C=CC(=O)OCCOC(=O)CC1CCC(CC2CCC(CC(=O)OC(COCCC[Si](C)(O[Si](C)(C)C)O[Si](C)(C)C)COC(=O)NC3CCC(C)CC3)CC2)CC1. The molecular formula is C43H79NO11Si3. The Balaban J connectivity index is 1.40. The summed E-state index contributed by atoms with van der Waals surface area (Å²) in [6.45, 7) is 21.7. The first-order valence-electron chi connectivity index (χ1n) is 22.4. The molecule has 0 aromatic rings. The van der Waals surface area contributed by atoms with Crippen LogP contribution in [-0.4, -0.2) is 94.4 Å². The Morgan fingerprint density at radius 1 is 0.655 bits per heavy atom. The Labute approximate surface area is 353 Å². The van der Waals surface area contributed by atoms with Gasteiger partial charge in [0.2, 0.25) is 0 Å². The van der Waals surface area contributed by atoms with Crippen molar-refractivity contribution in [2.24, 2.45) is 29.6 Å². The van der Waals surface area contributed by atoms with Crippen LogP contribution in [0.3, 0.4) is 0 Å². The first-order chi connectivity index (χ1) is 27.3. The highest BCUT2D eigenvalue weighted by atomic mass is 28.5. The summed E-state index contributed by atoms with van der Waals surface area (Å²) in [5.41, 5.74) is 0. The molecule has 0 saturated heterocycles. The van der Waals surface area contributed by atoms with Crippen molar-refractivity contribution in [3.8, 4) is 0 Å². The van der Waals surface area contributed by atoms with Crippen LogP contribution in [0.25, 0.3) is 0 Å². The van der Waals surface area contributed by atoms with Crippen molar-refractivity contribution in [3.63, 3.8) is 0 Å². The second-order valence-electron chi connectivity index (χ2n) is 19.6. The maximum absolute atomic E-state index is 13.3. The third kappa shape index (κ3) is 22.0. The molecule has 1 amide bonds. The van der Waals surface area contributed by atoms with Crippen molar-refractivity contribution < 1.29 is 51.1 Å². The highest BCUT2D eigenvalue weighted by Crippen LogP contribution is 2.40. The topological polar surface area (TPSA) is 145 Å². The van der Waals surface area contributed by atoms with E-state index in [1.54, 1.807) is 0 Å². The molecule has 1 unspecified atom stereocenters. The Morgan fingerprint density at radius 3 is 1.71 bits per heavy atom. The van der Waals surface area contributed by atoms with E-state index in [0.717, 1.165) is 95.6 Å². The van der Waals surface area contributed by atoms with E-state index >= 15 is 0 Å². The minimum atomic E-state index is -2.39. The molecule has 3 aliphatic rings. The van der Waals surface area contributed by atoms with E-state index in [-0.39, 0.29) is 50.3 Å². The van der Waals surface area contributed by atoms with Gasteiger partial charge < -0.3 is 37.2 Å². The molecule has 334 valence electrons. The largest absolute Gasteiger partial charge is 0.462 e. The van der Waals surface area contributed by atoms with Crippen molar-refractivity contribution in [2.75, 3.05) is 33.0 Å². The standard InChI is InChI=1S/C43H79NO11Si3/c1-10-40(45)50-25-26-51-41(46)29-36-18-14-34(15-19-36)28-35-16-20-37(21-17-35)30-42(47)53-39(32-52-43(48)44-38-22-12-33(2)13-23-38)31-49-24-11-27-58(9,54-56(3,4)5)55-57(6,7)8/h10,33-39H,1,11-32H2,2-9H3,(H,44,48). The van der Waals surface area contributed by atoms with Gasteiger partial charge in [0.15, 0.2) is 22.7 Å². The Bertz CT molecular complexity index is 1250. The van der Waals surface area contributed by atoms with E-state index in [0.29, 0.717) is 43.1 Å². The van der Waals surface area contributed by atoms with E-state index < -0.39 is 43.4 Å². The summed E-state index contributed by atoms with van der Waals surface area (Å²) >= 11 is 0. The van der Waals surface area contributed by atoms with Gasteiger partial charge in [0.25, 0.3) is 0 Å². The van der Waals surface area contributed by atoms with Gasteiger partial charge in [-0.25, -0.2) is 9.59 Å². The van der Waals surface area contributed by atoms with Crippen LogP contribution in [0.1, 0.15) is 110 Å². The number of carbonyl (C=O) groups is 4. The number of hydrogen-bond acceptors (Lipinski definition) is 11. The minimum absolute atomic E-state index is 0.0452. The summed E-state index contributed by atoms with van der Waals surface area (Å²) in [7, 11) is -5.99. The van der Waals surface area contributed by atoms with Gasteiger partial charge in [0.05, 0.1) is 6.61 Å². The predicted molar refractivity (Wildman–Crippen MR) is 233 cm³/mol. The van der Waals surface area contributed by atoms with Crippen LogP contribution in [0, 0.1) is 29.6 Å². The third-order valence-corrected chi connectivity index (χ3v) is 21.2. The van der Waals surface area contributed by atoms with Gasteiger partial charge in [-0.3, -0.25) is 9.59 Å². The summed E-state index contributed by atoms with van der Waals surface area (Å²) in [6.07, 6.45) is 15.3. The zero-order valence-electron chi connectivity index (χ0n) is 37.4. The zero-order valence-corrected chi connectivity index (χ0v) is 40.4. The molecule has 1 atom stereocenters. The van der Waals surface area contributed by atoms with Gasteiger partial charge in [-0.2, -0.15) is 0 Å². The fourth-order valence-electron chi connectivity index (χ4n) is 8.96. The fourth-order valence-corrected chi connectivity index (χ4v) is 21.5.